The minimum atomic E-state index is -4.40. The molecule has 8 heteroatoms. The zero-order valence-corrected chi connectivity index (χ0v) is 15.1. The van der Waals surface area contributed by atoms with E-state index in [-0.39, 0.29) is 0 Å². The van der Waals surface area contributed by atoms with E-state index in [1.807, 2.05) is 24.3 Å². The van der Waals surface area contributed by atoms with Crippen molar-refractivity contribution in [1.82, 2.24) is 15.2 Å². The van der Waals surface area contributed by atoms with Gasteiger partial charge in [-0.25, -0.2) is 4.68 Å². The number of hydrazine groups is 1. The van der Waals surface area contributed by atoms with Gasteiger partial charge in [-0.1, -0.05) is 23.7 Å². The number of halogens is 4. The van der Waals surface area contributed by atoms with E-state index in [9.17, 15) is 13.2 Å². The van der Waals surface area contributed by atoms with E-state index in [0.29, 0.717) is 16.4 Å². The van der Waals surface area contributed by atoms with E-state index in [2.05, 4.69) is 10.5 Å². The van der Waals surface area contributed by atoms with E-state index in [0.717, 1.165) is 23.5 Å². The first-order valence-electron chi connectivity index (χ1n) is 8.34. The van der Waals surface area contributed by atoms with Crippen molar-refractivity contribution in [2.45, 2.75) is 6.18 Å². The number of hydrogen-bond acceptors (Lipinski definition) is 3. The van der Waals surface area contributed by atoms with Crippen molar-refractivity contribution in [3.05, 3.63) is 95.4 Å². The maximum atomic E-state index is 13.0. The lowest BCUT2D eigenvalue weighted by Crippen LogP contribution is -2.34. The minimum Gasteiger partial charge on any atom is -0.292 e. The van der Waals surface area contributed by atoms with Crippen molar-refractivity contribution >= 4 is 23.0 Å². The molecule has 0 saturated carbocycles. The number of hydrogen-bond donors (Lipinski definition) is 1. The fourth-order valence-electron chi connectivity index (χ4n) is 2.88. The first-order chi connectivity index (χ1) is 13.4. The summed E-state index contributed by atoms with van der Waals surface area (Å²) in [6.45, 7) is 0. The number of anilines is 1. The van der Waals surface area contributed by atoms with Crippen molar-refractivity contribution in [1.29, 1.82) is 0 Å². The molecular formula is C20H14ClF3N4. The molecule has 0 fully saturated rings. The first kappa shape index (κ1) is 18.2. The lowest BCUT2D eigenvalue weighted by molar-refractivity contribution is -0.137. The van der Waals surface area contributed by atoms with E-state index in [1.165, 1.54) is 11.1 Å². The summed E-state index contributed by atoms with van der Waals surface area (Å²) >= 11 is 6.07. The molecule has 0 spiro atoms. The molecular weight excluding hydrogens is 389 g/mol. The summed E-state index contributed by atoms with van der Waals surface area (Å²) < 4.78 is 40.8. The monoisotopic (exact) mass is 402 g/mol. The van der Waals surface area contributed by atoms with Gasteiger partial charge in [0.15, 0.2) is 0 Å². The summed E-state index contributed by atoms with van der Waals surface area (Å²) in [4.78, 5) is 0. The Morgan fingerprint density at radius 1 is 0.964 bits per heavy atom. The Morgan fingerprint density at radius 3 is 2.54 bits per heavy atom. The second-order valence-corrected chi connectivity index (χ2v) is 6.50. The highest BCUT2D eigenvalue weighted by molar-refractivity contribution is 6.30. The fraction of sp³-hybridized carbons (Fsp3) is 0.0500. The van der Waals surface area contributed by atoms with Gasteiger partial charge in [-0.15, -0.1) is 0 Å². The second kappa shape index (κ2) is 7.09. The number of benzene rings is 2. The summed E-state index contributed by atoms with van der Waals surface area (Å²) in [7, 11) is 0. The summed E-state index contributed by atoms with van der Waals surface area (Å²) in [6, 6.07) is 14.2. The molecule has 0 radical (unpaired) electrons. The third-order valence-electron chi connectivity index (χ3n) is 4.16. The van der Waals surface area contributed by atoms with Crippen LogP contribution in [0, 0.1) is 0 Å². The van der Waals surface area contributed by atoms with Gasteiger partial charge in [0.25, 0.3) is 0 Å². The van der Waals surface area contributed by atoms with Gasteiger partial charge in [-0.2, -0.15) is 18.3 Å². The summed E-state index contributed by atoms with van der Waals surface area (Å²) in [5, 5.41) is 6.44. The van der Waals surface area contributed by atoms with Gasteiger partial charge in [-0.3, -0.25) is 10.4 Å². The van der Waals surface area contributed by atoms with Crippen LogP contribution < -0.4 is 10.4 Å². The molecule has 2 aromatic carbocycles. The summed E-state index contributed by atoms with van der Waals surface area (Å²) in [5.41, 5.74) is 4.97. The number of nitrogens with zero attached hydrogens (tertiary/aromatic N) is 3. The van der Waals surface area contributed by atoms with Crippen LogP contribution in [0.2, 0.25) is 5.02 Å². The summed E-state index contributed by atoms with van der Waals surface area (Å²) in [6.07, 6.45) is 2.47. The highest BCUT2D eigenvalue weighted by atomic mass is 35.5. The highest BCUT2D eigenvalue weighted by Crippen LogP contribution is 2.32. The van der Waals surface area contributed by atoms with Gasteiger partial charge < -0.3 is 0 Å². The zero-order valence-electron chi connectivity index (χ0n) is 14.4. The Morgan fingerprint density at radius 2 is 1.75 bits per heavy atom. The molecule has 0 aliphatic carbocycles. The smallest absolute Gasteiger partial charge is 0.292 e. The topological polar surface area (TPSA) is 33.1 Å². The third-order valence-corrected chi connectivity index (χ3v) is 4.40. The largest absolute Gasteiger partial charge is 0.416 e. The number of aromatic nitrogens is 2. The van der Waals surface area contributed by atoms with Gasteiger partial charge in [0.1, 0.15) is 0 Å². The van der Waals surface area contributed by atoms with Crippen LogP contribution in [0.3, 0.4) is 0 Å². The Bertz CT molecular complexity index is 1070. The molecule has 1 aliphatic rings. The second-order valence-electron chi connectivity index (χ2n) is 6.06. The highest BCUT2D eigenvalue weighted by Gasteiger charge is 2.31. The van der Waals surface area contributed by atoms with E-state index in [4.69, 9.17) is 11.6 Å². The molecule has 0 unspecified atom stereocenters. The normalized spacial score (nSPS) is 14.0. The average molecular weight is 403 g/mol. The molecule has 1 N–H and O–H groups in total. The minimum absolute atomic E-state index is 0.366. The van der Waals surface area contributed by atoms with Crippen molar-refractivity contribution in [3.63, 3.8) is 0 Å². The lowest BCUT2D eigenvalue weighted by Gasteiger charge is -2.27. The van der Waals surface area contributed by atoms with Crippen LogP contribution in [0.15, 0.2) is 79.1 Å². The average Bonchev–Trinajstić information content (AvgIpc) is 3.17. The number of nitrogens with one attached hydrogen (secondary N) is 1. The molecule has 0 atom stereocenters. The Balaban J connectivity index is 1.64. The molecule has 4 nitrogen and oxygen atoms in total. The van der Waals surface area contributed by atoms with Crippen molar-refractivity contribution < 1.29 is 13.2 Å². The van der Waals surface area contributed by atoms with E-state index >= 15 is 0 Å². The fourth-order valence-corrected chi connectivity index (χ4v) is 3.06. The van der Waals surface area contributed by atoms with Crippen molar-refractivity contribution in [2.75, 3.05) is 5.01 Å². The van der Waals surface area contributed by atoms with Crippen LogP contribution in [-0.2, 0) is 6.18 Å². The summed E-state index contributed by atoms with van der Waals surface area (Å²) in [5.74, 6) is 0. The van der Waals surface area contributed by atoms with Gasteiger partial charge >= 0.3 is 6.18 Å². The van der Waals surface area contributed by atoms with Crippen LogP contribution in [0.4, 0.5) is 18.9 Å². The number of rotatable bonds is 3. The molecule has 4 rings (SSSR count). The molecule has 1 aromatic heterocycles. The molecule has 142 valence electrons. The lowest BCUT2D eigenvalue weighted by atomic mass is 10.2. The maximum absolute atomic E-state index is 13.0. The van der Waals surface area contributed by atoms with E-state index in [1.54, 1.807) is 41.4 Å². The van der Waals surface area contributed by atoms with Crippen LogP contribution in [-0.4, -0.2) is 9.78 Å². The van der Waals surface area contributed by atoms with Crippen molar-refractivity contribution in [3.8, 4) is 5.69 Å². The molecule has 0 amide bonds. The molecule has 2 heterocycles. The Labute approximate surface area is 164 Å². The van der Waals surface area contributed by atoms with Gasteiger partial charge in [0.05, 0.1) is 34.5 Å². The van der Waals surface area contributed by atoms with Gasteiger partial charge in [0.2, 0.25) is 0 Å². The Kier molecular flexibility index (Phi) is 4.60. The zero-order chi connectivity index (χ0) is 19.7. The predicted octanol–water partition coefficient (Wildman–Crippen LogP) is 5.42. The van der Waals surface area contributed by atoms with E-state index < -0.39 is 11.7 Å². The van der Waals surface area contributed by atoms with Crippen molar-refractivity contribution in [2.24, 2.45) is 0 Å². The van der Waals surface area contributed by atoms with Crippen LogP contribution in [0.5, 0.6) is 0 Å². The maximum Gasteiger partial charge on any atom is 0.416 e. The van der Waals surface area contributed by atoms with Gasteiger partial charge in [-0.05, 0) is 54.6 Å². The third kappa shape index (κ3) is 3.61. The van der Waals surface area contributed by atoms with Crippen LogP contribution >= 0.6 is 11.6 Å². The quantitative estimate of drug-likeness (QED) is 0.634. The number of allylic oxidation sites excluding steroid dienone is 2. The molecule has 3 aromatic rings. The predicted molar refractivity (Wildman–Crippen MR) is 103 cm³/mol. The van der Waals surface area contributed by atoms with Gasteiger partial charge in [0, 0.05) is 11.2 Å². The van der Waals surface area contributed by atoms with Crippen LogP contribution in [0.1, 0.15) is 11.3 Å². The van der Waals surface area contributed by atoms with Crippen LogP contribution in [0.25, 0.3) is 11.4 Å². The first-order valence-corrected chi connectivity index (χ1v) is 8.71. The Hall–Kier alpha value is -3.19. The standard InChI is InChI=1S/C20H14ClF3N4/c21-15-5-2-7-17(13-15)28-19(9-10-25-28)18-8-3-11-27(26-18)16-6-1-4-14(12-16)20(22,23)24/h1-13,26H. The number of alkyl halides is 3. The molecule has 1 aliphatic heterocycles. The molecule has 0 bridgehead atoms. The SMILES string of the molecule is FC(F)(F)c1cccc(N2C=CC=C(c3ccnn3-c3cccc(Cl)c3)N2)c1. The molecule has 28 heavy (non-hydrogen) atoms. The molecule has 0 saturated heterocycles.